The molecule has 3 rings (SSSR count). The third-order valence-corrected chi connectivity index (χ3v) is 4.93. The van der Waals surface area contributed by atoms with E-state index in [1.807, 2.05) is 0 Å². The van der Waals surface area contributed by atoms with Crippen LogP contribution in [-0.4, -0.2) is 69.6 Å². The maximum absolute atomic E-state index is 12.8. The summed E-state index contributed by atoms with van der Waals surface area (Å²) < 4.78 is 5.36. The number of carboxylic acids is 1. The van der Waals surface area contributed by atoms with Crippen LogP contribution in [0, 0.1) is 0 Å². The Hall–Kier alpha value is -2.74. The smallest absolute Gasteiger partial charge is 0.410 e. The number of aromatic nitrogens is 1. The number of fused-ring (bicyclic) bond motifs is 1. The third kappa shape index (κ3) is 4.82. The van der Waals surface area contributed by atoms with Crippen molar-refractivity contribution in [2.45, 2.75) is 32.8 Å². The molecule has 0 saturated carbocycles. The van der Waals surface area contributed by atoms with Gasteiger partial charge in [0.15, 0.2) is 0 Å². The lowest BCUT2D eigenvalue weighted by molar-refractivity contribution is -0.132. The van der Waals surface area contributed by atoms with Gasteiger partial charge < -0.3 is 24.6 Å². The molecule has 2 heterocycles. The van der Waals surface area contributed by atoms with E-state index in [0.29, 0.717) is 47.7 Å². The highest BCUT2D eigenvalue weighted by Gasteiger charge is 2.29. The van der Waals surface area contributed by atoms with Crippen molar-refractivity contribution in [2.75, 3.05) is 26.2 Å². The van der Waals surface area contributed by atoms with Crippen LogP contribution in [0.25, 0.3) is 10.9 Å². The van der Waals surface area contributed by atoms with E-state index in [1.54, 1.807) is 48.8 Å². The minimum absolute atomic E-state index is 0.0111. The largest absolute Gasteiger partial charge is 0.477 e. The number of piperazine rings is 1. The van der Waals surface area contributed by atoms with E-state index < -0.39 is 17.7 Å². The van der Waals surface area contributed by atoms with Crippen molar-refractivity contribution >= 4 is 40.5 Å². The van der Waals surface area contributed by atoms with Crippen molar-refractivity contribution in [3.63, 3.8) is 0 Å². The van der Waals surface area contributed by atoms with Gasteiger partial charge in [-0.2, -0.15) is 0 Å². The highest BCUT2D eigenvalue weighted by Crippen LogP contribution is 2.27. The molecule has 156 valence electrons. The zero-order valence-corrected chi connectivity index (χ0v) is 17.4. The zero-order valence-electron chi connectivity index (χ0n) is 16.6. The van der Waals surface area contributed by atoms with Crippen LogP contribution < -0.4 is 0 Å². The standard InChI is InChI=1S/C20H24ClN3O5/c1-20(2,3)29-19(28)24-8-6-23(7-9-24)16(25)11-14-13-10-12(21)4-5-15(13)22-17(14)18(26)27/h4-5,10,22H,6-9,11H2,1-3H3,(H,26,27). The predicted molar refractivity (Wildman–Crippen MR) is 108 cm³/mol. The van der Waals surface area contributed by atoms with E-state index in [-0.39, 0.29) is 18.0 Å². The summed E-state index contributed by atoms with van der Waals surface area (Å²) in [7, 11) is 0. The first-order valence-electron chi connectivity index (χ1n) is 9.34. The van der Waals surface area contributed by atoms with Gasteiger partial charge >= 0.3 is 12.1 Å². The molecule has 9 heteroatoms. The second-order valence-electron chi connectivity index (χ2n) is 8.00. The molecule has 2 amide bonds. The number of aromatic amines is 1. The molecule has 29 heavy (non-hydrogen) atoms. The number of carbonyl (C=O) groups is 3. The number of carboxylic acid groups (broad SMARTS) is 1. The fourth-order valence-corrected chi connectivity index (χ4v) is 3.49. The van der Waals surface area contributed by atoms with Crippen LogP contribution >= 0.6 is 11.6 Å². The molecule has 0 aliphatic carbocycles. The van der Waals surface area contributed by atoms with Crippen LogP contribution in [0.2, 0.25) is 5.02 Å². The van der Waals surface area contributed by atoms with E-state index in [9.17, 15) is 19.5 Å². The number of rotatable bonds is 3. The molecule has 1 aliphatic heterocycles. The molecule has 2 N–H and O–H groups in total. The SMILES string of the molecule is CC(C)(C)OC(=O)N1CCN(C(=O)Cc2c(C(=O)O)[nH]c3ccc(Cl)cc23)CC1. The Morgan fingerprint density at radius 2 is 1.76 bits per heavy atom. The Kier molecular flexibility index (Phi) is 5.75. The molecular formula is C20H24ClN3O5. The summed E-state index contributed by atoms with van der Waals surface area (Å²) in [6, 6.07) is 5.01. The molecule has 0 radical (unpaired) electrons. The van der Waals surface area contributed by atoms with Crippen molar-refractivity contribution in [1.82, 2.24) is 14.8 Å². The van der Waals surface area contributed by atoms with Gasteiger partial charge in [-0.3, -0.25) is 4.79 Å². The molecule has 8 nitrogen and oxygen atoms in total. The molecule has 1 aromatic carbocycles. The van der Waals surface area contributed by atoms with Gasteiger partial charge in [0.05, 0.1) is 6.42 Å². The fourth-order valence-electron chi connectivity index (χ4n) is 3.31. The van der Waals surface area contributed by atoms with Gasteiger partial charge in [-0.25, -0.2) is 9.59 Å². The van der Waals surface area contributed by atoms with Crippen molar-refractivity contribution in [3.05, 3.63) is 34.5 Å². The van der Waals surface area contributed by atoms with E-state index >= 15 is 0 Å². The quantitative estimate of drug-likeness (QED) is 0.792. The molecule has 0 spiro atoms. The Balaban J connectivity index is 1.70. The summed E-state index contributed by atoms with van der Waals surface area (Å²) in [5.74, 6) is -1.33. The van der Waals surface area contributed by atoms with Gasteiger partial charge in [-0.15, -0.1) is 0 Å². The van der Waals surface area contributed by atoms with Crippen LogP contribution in [-0.2, 0) is 16.0 Å². The van der Waals surface area contributed by atoms with Gasteiger partial charge in [0, 0.05) is 47.7 Å². The highest BCUT2D eigenvalue weighted by atomic mass is 35.5. The van der Waals surface area contributed by atoms with Gasteiger partial charge in [0.1, 0.15) is 11.3 Å². The molecule has 1 aromatic heterocycles. The van der Waals surface area contributed by atoms with Crippen LogP contribution in [0.4, 0.5) is 4.79 Å². The number of halogens is 1. The number of carbonyl (C=O) groups excluding carboxylic acids is 2. The number of ether oxygens (including phenoxy) is 1. The van der Waals surface area contributed by atoms with Crippen molar-refractivity contribution in [1.29, 1.82) is 0 Å². The van der Waals surface area contributed by atoms with Crippen LogP contribution in [0.15, 0.2) is 18.2 Å². The number of hydrogen-bond donors (Lipinski definition) is 2. The van der Waals surface area contributed by atoms with E-state index in [0.717, 1.165) is 0 Å². The molecular weight excluding hydrogens is 398 g/mol. The van der Waals surface area contributed by atoms with Crippen molar-refractivity contribution in [2.24, 2.45) is 0 Å². The number of nitrogens with zero attached hydrogens (tertiary/aromatic N) is 2. The maximum atomic E-state index is 12.8. The minimum atomic E-state index is -1.13. The average Bonchev–Trinajstić information content (AvgIpc) is 2.98. The lowest BCUT2D eigenvalue weighted by atomic mass is 10.1. The number of benzene rings is 1. The zero-order chi connectivity index (χ0) is 21.3. The topological polar surface area (TPSA) is 103 Å². The monoisotopic (exact) mass is 421 g/mol. The number of hydrogen-bond acceptors (Lipinski definition) is 4. The Bertz CT molecular complexity index is 955. The van der Waals surface area contributed by atoms with Gasteiger partial charge in [0.2, 0.25) is 5.91 Å². The second kappa shape index (κ2) is 7.94. The molecule has 0 unspecified atom stereocenters. The normalized spacial score (nSPS) is 14.9. The maximum Gasteiger partial charge on any atom is 0.410 e. The lowest BCUT2D eigenvalue weighted by Gasteiger charge is -2.35. The van der Waals surface area contributed by atoms with Gasteiger partial charge in [0.25, 0.3) is 0 Å². The van der Waals surface area contributed by atoms with Crippen molar-refractivity contribution in [3.8, 4) is 0 Å². The summed E-state index contributed by atoms with van der Waals surface area (Å²) in [5, 5.41) is 10.6. The summed E-state index contributed by atoms with van der Waals surface area (Å²) in [4.78, 5) is 42.7. The number of amides is 2. The van der Waals surface area contributed by atoms with Crippen molar-refractivity contribution < 1.29 is 24.2 Å². The van der Waals surface area contributed by atoms with Gasteiger partial charge in [-0.05, 0) is 39.0 Å². The second-order valence-corrected chi connectivity index (χ2v) is 8.44. The average molecular weight is 422 g/mol. The summed E-state index contributed by atoms with van der Waals surface area (Å²) >= 11 is 6.05. The Morgan fingerprint density at radius 3 is 2.34 bits per heavy atom. The van der Waals surface area contributed by atoms with Crippen LogP contribution in [0.5, 0.6) is 0 Å². The molecule has 1 aliphatic rings. The predicted octanol–water partition coefficient (Wildman–Crippen LogP) is 3.14. The van der Waals surface area contributed by atoms with Gasteiger partial charge in [-0.1, -0.05) is 11.6 Å². The van der Waals surface area contributed by atoms with E-state index in [2.05, 4.69) is 4.98 Å². The molecule has 0 bridgehead atoms. The number of nitrogens with one attached hydrogen (secondary N) is 1. The first kappa shape index (κ1) is 21.0. The van der Waals surface area contributed by atoms with E-state index in [4.69, 9.17) is 16.3 Å². The summed E-state index contributed by atoms with van der Waals surface area (Å²) in [5.41, 5.74) is 0.440. The Labute approximate surface area is 173 Å². The third-order valence-electron chi connectivity index (χ3n) is 4.69. The molecule has 1 saturated heterocycles. The molecule has 1 fully saturated rings. The summed E-state index contributed by atoms with van der Waals surface area (Å²) in [6.07, 6.45) is -0.460. The first-order valence-corrected chi connectivity index (χ1v) is 9.72. The molecule has 0 atom stereocenters. The van der Waals surface area contributed by atoms with Crippen LogP contribution in [0.3, 0.4) is 0 Å². The highest BCUT2D eigenvalue weighted by molar-refractivity contribution is 6.31. The fraction of sp³-hybridized carbons (Fsp3) is 0.450. The number of H-pyrrole nitrogens is 1. The molecule has 2 aromatic rings. The van der Waals surface area contributed by atoms with E-state index in [1.165, 1.54) is 0 Å². The van der Waals surface area contributed by atoms with Crippen LogP contribution in [0.1, 0.15) is 36.8 Å². The number of aromatic carboxylic acids is 1. The first-order chi connectivity index (χ1) is 13.5. The summed E-state index contributed by atoms with van der Waals surface area (Å²) in [6.45, 7) is 6.87. The lowest BCUT2D eigenvalue weighted by Crippen LogP contribution is -2.52. The minimum Gasteiger partial charge on any atom is -0.477 e. The Morgan fingerprint density at radius 1 is 1.14 bits per heavy atom.